The van der Waals surface area contributed by atoms with Crippen molar-refractivity contribution >= 4 is 0 Å². The molecule has 612 valence electrons. The third-order valence-corrected chi connectivity index (χ3v) is 46.1. The zero-order chi connectivity index (χ0) is 74.5. The molecule has 16 bridgehead atoms. The molecule has 23 aliphatic carbocycles. The Kier molecular flexibility index (Phi) is 12.0. The average Bonchev–Trinajstić information content (AvgIpc) is 1.49. The van der Waals surface area contributed by atoms with Gasteiger partial charge in [-0.15, -0.1) is 0 Å². The van der Waals surface area contributed by atoms with Crippen molar-refractivity contribution < 1.29 is 80.5 Å². The van der Waals surface area contributed by atoms with Crippen LogP contribution in [0.1, 0.15) is 194 Å². The van der Waals surface area contributed by atoms with Crippen LogP contribution in [0.2, 0.25) is 0 Å². The number of hydrogen-bond donors (Lipinski definition) is 0. The zero-order valence-corrected chi connectivity index (χ0v) is 69.4. The third kappa shape index (κ3) is 7.92. The lowest BCUT2D eigenvalue weighted by Gasteiger charge is -2.58. The summed E-state index contributed by atoms with van der Waals surface area (Å²) >= 11 is 0. The first-order chi connectivity index (χ1) is 53.5. The van der Waals surface area contributed by atoms with Gasteiger partial charge < -0.3 is 80.5 Å². The van der Waals surface area contributed by atoms with Crippen LogP contribution in [0.5, 0.6) is 0 Å². The fourth-order valence-electron chi connectivity index (χ4n) is 40.5. The van der Waals surface area contributed by atoms with Gasteiger partial charge in [-0.3, -0.25) is 0 Å². The van der Waals surface area contributed by atoms with Gasteiger partial charge in [0.05, 0.1) is 180 Å². The Morgan fingerprint density at radius 2 is 0.821 bits per heavy atom. The Morgan fingerprint density at radius 3 is 1.42 bits per heavy atom. The van der Waals surface area contributed by atoms with Crippen LogP contribution in [0.4, 0.5) is 0 Å². The minimum Gasteiger partial charge on any atom is -0.379 e. The molecule has 1 spiro atoms. The lowest BCUT2D eigenvalue weighted by molar-refractivity contribution is -0.0917. The van der Waals surface area contributed by atoms with Crippen molar-refractivity contribution in [1.82, 2.24) is 0 Å². The van der Waals surface area contributed by atoms with E-state index in [1.165, 1.54) is 83.5 Å². The third-order valence-electron chi connectivity index (χ3n) is 46.1. The second kappa shape index (κ2) is 19.8. The first-order valence-electron chi connectivity index (χ1n) is 47.8. The topological polar surface area (TPSA) is 210 Å². The molecule has 62 unspecified atom stereocenters. The van der Waals surface area contributed by atoms with Gasteiger partial charge >= 0.3 is 0 Å². The zero-order valence-electron chi connectivity index (χ0n) is 69.4. The van der Waals surface area contributed by atoms with E-state index in [2.05, 4.69) is 104 Å². The number of epoxide rings is 16. The molecular weight excluding hydrogens is 1410 g/mol. The Morgan fingerprint density at radius 1 is 0.330 bits per heavy atom. The van der Waals surface area contributed by atoms with Crippen molar-refractivity contribution in [2.75, 3.05) is 19.8 Å². The van der Waals surface area contributed by atoms with E-state index in [0.717, 1.165) is 210 Å². The summed E-state index contributed by atoms with van der Waals surface area (Å²) in [5.41, 5.74) is 3.57. The van der Waals surface area contributed by atoms with Gasteiger partial charge in [0.2, 0.25) is 0 Å². The van der Waals surface area contributed by atoms with E-state index < -0.39 is 0 Å². The van der Waals surface area contributed by atoms with E-state index in [-0.39, 0.29) is 33.6 Å². The molecule has 16 heterocycles. The van der Waals surface area contributed by atoms with Gasteiger partial charge in [-0.1, -0.05) is 34.6 Å². The Bertz CT molecular complexity index is 4100. The fraction of sp³-hybridized carbons (Fsp3) is 1.00. The Hall–Kier alpha value is -0.680. The molecule has 0 N–H and O–H groups in total. The van der Waals surface area contributed by atoms with Crippen LogP contribution in [0.25, 0.3) is 0 Å². The molecule has 16 aliphatic heterocycles. The van der Waals surface area contributed by atoms with Crippen LogP contribution >= 0.6 is 0 Å². The van der Waals surface area contributed by atoms with Crippen molar-refractivity contribution in [1.29, 1.82) is 0 Å². The van der Waals surface area contributed by atoms with E-state index >= 15 is 0 Å². The van der Waals surface area contributed by atoms with E-state index in [4.69, 9.17) is 80.5 Å². The molecule has 0 aromatic rings. The Labute approximate surface area is 663 Å². The molecule has 39 fully saturated rings. The average molecular weight is 1540 g/mol. The molecule has 16 saturated heterocycles. The van der Waals surface area contributed by atoms with E-state index in [1.54, 1.807) is 0 Å². The first kappa shape index (κ1) is 67.8. The number of rotatable bonds is 5. The molecule has 39 aliphatic rings. The normalized spacial score (nSPS) is 76.2. The summed E-state index contributed by atoms with van der Waals surface area (Å²) in [6.07, 6.45) is 30.9. The van der Waals surface area contributed by atoms with Crippen molar-refractivity contribution in [3.63, 3.8) is 0 Å². The monoisotopic (exact) mass is 1540 g/mol. The lowest BCUT2D eigenvalue weighted by Crippen LogP contribution is -2.57. The van der Waals surface area contributed by atoms with Crippen LogP contribution < -0.4 is 0 Å². The lowest BCUT2D eigenvalue weighted by atomic mass is 9.45. The summed E-state index contributed by atoms with van der Waals surface area (Å²) < 4.78 is 98.5. The maximum absolute atomic E-state index is 6.07. The van der Waals surface area contributed by atoms with Crippen molar-refractivity contribution in [2.24, 2.45) is 189 Å². The molecule has 17 heteroatoms. The van der Waals surface area contributed by atoms with E-state index in [1.807, 2.05) is 0 Å². The van der Waals surface area contributed by atoms with Crippen molar-refractivity contribution in [3.05, 3.63) is 0 Å². The molecule has 112 heavy (non-hydrogen) atoms. The van der Waals surface area contributed by atoms with Gasteiger partial charge in [0.1, 0.15) is 17.3 Å². The van der Waals surface area contributed by atoms with Gasteiger partial charge in [0.25, 0.3) is 0 Å². The summed E-state index contributed by atoms with van der Waals surface area (Å²) in [6, 6.07) is 0. The molecular formula is C95H130O17. The quantitative estimate of drug-likeness (QED) is 0.185. The Balaban J connectivity index is 0.0000000644. The number of ether oxygens (including phenoxy) is 17. The van der Waals surface area contributed by atoms with Gasteiger partial charge in [-0.2, -0.15) is 0 Å². The molecule has 62 atom stereocenters. The van der Waals surface area contributed by atoms with E-state index in [0.29, 0.717) is 155 Å². The second-order valence-corrected chi connectivity index (χ2v) is 49.8. The standard InChI is InChI=1S/C14H22O3.6C12H16O2.C9H12O2/c1-13(2)9-5-11(13)14(12(6-9)17-14)3-4-15-7-10-8-16-10;1-11-7-3-6(10(11)14-11)9-5(7)4-8-12(9,2)13-8;1-11-7-3-6(10(11)14-11)5-4-8-12(2,13-8)9(5)7;1-11-4-6-7-3-5(8(6)10(11)13-11)9-12(7,2)14-9;1-4-6-5-3-12(2)11(14-12)8(5)7(4)10-9(6)13-10;2*1-4-7-5-3-6-12(2,14-6)9(5)8(4)11-10(7)13-11;1-4-9(11-4)3-5-2-6(9)8-7(5)10-8/h9-12H,3-8H2,1-2H3;3*5-10H,3-4H2,1-2H3;3*4-11H,3H2,1-2H3;4-8H,2-3H2,1H3. The van der Waals surface area contributed by atoms with Gasteiger partial charge in [0.15, 0.2) is 0 Å². The van der Waals surface area contributed by atoms with Gasteiger partial charge in [-0.25, -0.2) is 0 Å². The van der Waals surface area contributed by atoms with Crippen molar-refractivity contribution in [2.45, 2.75) is 377 Å². The van der Waals surface area contributed by atoms with Crippen LogP contribution in [0.15, 0.2) is 0 Å². The fourth-order valence-corrected chi connectivity index (χ4v) is 40.5. The molecule has 0 aromatic heterocycles. The van der Waals surface area contributed by atoms with Gasteiger partial charge in [-0.05, 0) is 336 Å². The highest BCUT2D eigenvalue weighted by atomic mass is 16.7. The predicted molar refractivity (Wildman–Crippen MR) is 399 cm³/mol. The highest BCUT2D eigenvalue weighted by Gasteiger charge is 2.89. The maximum Gasteiger partial charge on any atom is 0.104 e. The van der Waals surface area contributed by atoms with Crippen molar-refractivity contribution in [3.8, 4) is 0 Å². The first-order valence-corrected chi connectivity index (χ1v) is 47.8. The molecule has 0 radical (unpaired) electrons. The van der Waals surface area contributed by atoms with Crippen LogP contribution in [-0.2, 0) is 80.5 Å². The molecule has 23 saturated carbocycles. The van der Waals surface area contributed by atoms with E-state index in [9.17, 15) is 0 Å². The highest BCUT2D eigenvalue weighted by molar-refractivity contribution is 5.36. The molecule has 17 nitrogen and oxygen atoms in total. The minimum atomic E-state index is 0.197. The second-order valence-electron chi connectivity index (χ2n) is 49.8. The van der Waals surface area contributed by atoms with Gasteiger partial charge in [0, 0.05) is 18.9 Å². The van der Waals surface area contributed by atoms with Crippen LogP contribution in [0, 0.1) is 189 Å². The smallest absolute Gasteiger partial charge is 0.104 e. The molecule has 39 rings (SSSR count). The summed E-state index contributed by atoms with van der Waals surface area (Å²) in [6.45, 7) is 37.9. The van der Waals surface area contributed by atoms with Crippen LogP contribution in [0.3, 0.4) is 0 Å². The predicted octanol–water partition coefficient (Wildman–Crippen LogP) is 12.0. The number of fused-ring (bicyclic) bond motifs is 66. The summed E-state index contributed by atoms with van der Waals surface area (Å²) in [5.74, 6) is 27.2. The van der Waals surface area contributed by atoms with Crippen LogP contribution in [-0.4, -0.2) is 204 Å². The summed E-state index contributed by atoms with van der Waals surface area (Å²) in [7, 11) is 0. The summed E-state index contributed by atoms with van der Waals surface area (Å²) in [4.78, 5) is 0. The maximum atomic E-state index is 6.07. The molecule has 0 aromatic carbocycles. The number of hydrogen-bond acceptors (Lipinski definition) is 17. The largest absolute Gasteiger partial charge is 0.379 e. The highest BCUT2D eigenvalue weighted by Crippen LogP contribution is 2.83. The minimum absolute atomic E-state index is 0.197. The molecule has 0 amide bonds. The summed E-state index contributed by atoms with van der Waals surface area (Å²) in [5, 5.41) is 0. The SMILES string of the molecule is CC1(C)C2CC3OC3(CCOCC3CO3)C1C2.CC12CC3C(C4CC3C3(C)OC43)C1O2.CC12OC1C1CC2C2C1CC1OC12C.CC12OC1C1CC2C2CC3OC3(C)C21.CC1C2C3CC4(C)OC4C3C1C1OC12.CC1C2C3CC4OC4(C)C3C1C1OC12.CC1C2C3CC4OC4(C)C3C1C1OC12.CC1OC12CC1CC2C2OC12.